The molecular formula is C18H22N2O3. The lowest BCUT2D eigenvalue weighted by Gasteiger charge is -2.33. The van der Waals surface area contributed by atoms with Gasteiger partial charge in [0, 0.05) is 26.2 Å². The number of morpholine rings is 1. The minimum absolute atomic E-state index is 0.141. The van der Waals surface area contributed by atoms with E-state index >= 15 is 0 Å². The second-order valence-electron chi connectivity index (χ2n) is 5.66. The van der Waals surface area contributed by atoms with Gasteiger partial charge in [-0.15, -0.1) is 0 Å². The number of nitrogens with one attached hydrogen (secondary N) is 1. The van der Waals surface area contributed by atoms with Crippen LogP contribution in [0.15, 0.2) is 53.1 Å². The van der Waals surface area contributed by atoms with E-state index in [0.29, 0.717) is 12.3 Å². The number of ether oxygens (including phenoxy) is 1. The first-order valence-electron chi connectivity index (χ1n) is 8.03. The van der Waals surface area contributed by atoms with Crippen molar-refractivity contribution in [1.29, 1.82) is 0 Å². The normalized spacial score (nSPS) is 18.7. The summed E-state index contributed by atoms with van der Waals surface area (Å²) in [6, 6.07) is 13.7. The molecule has 1 aliphatic heterocycles. The molecule has 1 amide bonds. The third-order valence-corrected chi connectivity index (χ3v) is 4.00. The molecule has 1 unspecified atom stereocenters. The standard InChI is InChI=1S/C18H22N2O3/c21-18(16-8-4-12-22-16)19-9-5-10-20-11-13-23-17(14-20)15-6-2-1-3-7-15/h1-4,6-8,12,17H,5,9-11,13-14H2,(H,19,21). The Morgan fingerprint density at radius 2 is 2.09 bits per heavy atom. The summed E-state index contributed by atoms with van der Waals surface area (Å²) in [7, 11) is 0. The van der Waals surface area contributed by atoms with E-state index in [4.69, 9.17) is 9.15 Å². The van der Waals surface area contributed by atoms with Crippen LogP contribution in [0.25, 0.3) is 0 Å². The Bertz CT molecular complexity index is 598. The maximum absolute atomic E-state index is 11.8. The summed E-state index contributed by atoms with van der Waals surface area (Å²) in [5, 5.41) is 2.88. The predicted molar refractivity (Wildman–Crippen MR) is 87.2 cm³/mol. The van der Waals surface area contributed by atoms with Crippen LogP contribution in [0.4, 0.5) is 0 Å². The molecule has 3 rings (SSSR count). The molecule has 5 nitrogen and oxygen atoms in total. The highest BCUT2D eigenvalue weighted by molar-refractivity contribution is 5.91. The summed E-state index contributed by atoms with van der Waals surface area (Å²) < 4.78 is 10.9. The van der Waals surface area contributed by atoms with Crippen molar-refractivity contribution in [3.05, 3.63) is 60.1 Å². The maximum atomic E-state index is 11.8. The lowest BCUT2D eigenvalue weighted by Crippen LogP contribution is -2.39. The van der Waals surface area contributed by atoms with Crippen LogP contribution >= 0.6 is 0 Å². The molecule has 1 saturated heterocycles. The fourth-order valence-electron chi connectivity index (χ4n) is 2.77. The monoisotopic (exact) mass is 314 g/mol. The van der Waals surface area contributed by atoms with E-state index < -0.39 is 0 Å². The lowest BCUT2D eigenvalue weighted by atomic mass is 10.1. The molecule has 1 aromatic heterocycles. The molecule has 0 saturated carbocycles. The number of amides is 1. The third kappa shape index (κ3) is 4.43. The topological polar surface area (TPSA) is 54.7 Å². The van der Waals surface area contributed by atoms with Crippen LogP contribution < -0.4 is 5.32 Å². The first-order chi connectivity index (χ1) is 11.3. The van der Waals surface area contributed by atoms with Gasteiger partial charge in [-0.05, 0) is 24.1 Å². The number of nitrogens with zero attached hydrogens (tertiary/aromatic N) is 1. The molecule has 2 aromatic rings. The molecule has 1 N–H and O–H groups in total. The van der Waals surface area contributed by atoms with E-state index in [1.807, 2.05) is 18.2 Å². The van der Waals surface area contributed by atoms with Crippen LogP contribution in [0.2, 0.25) is 0 Å². The summed E-state index contributed by atoms with van der Waals surface area (Å²) in [5.41, 5.74) is 1.23. The van der Waals surface area contributed by atoms with Crippen LogP contribution in [0.5, 0.6) is 0 Å². The zero-order valence-corrected chi connectivity index (χ0v) is 13.1. The molecule has 5 heteroatoms. The van der Waals surface area contributed by atoms with Crippen LogP contribution in [0.3, 0.4) is 0 Å². The minimum Gasteiger partial charge on any atom is -0.459 e. The molecule has 122 valence electrons. The number of rotatable bonds is 6. The number of carbonyl (C=O) groups is 1. The average molecular weight is 314 g/mol. The maximum Gasteiger partial charge on any atom is 0.286 e. The van der Waals surface area contributed by atoms with Crippen molar-refractivity contribution >= 4 is 5.91 Å². The van der Waals surface area contributed by atoms with Crippen molar-refractivity contribution in [3.8, 4) is 0 Å². The number of benzene rings is 1. The SMILES string of the molecule is O=C(NCCCN1CCOC(c2ccccc2)C1)c1ccco1. The second-order valence-corrected chi connectivity index (χ2v) is 5.66. The molecule has 1 fully saturated rings. The number of furan rings is 1. The number of carbonyl (C=O) groups excluding carboxylic acids is 1. The van der Waals surface area contributed by atoms with Gasteiger partial charge in [-0.3, -0.25) is 9.69 Å². The molecule has 23 heavy (non-hydrogen) atoms. The van der Waals surface area contributed by atoms with E-state index in [0.717, 1.165) is 32.7 Å². The van der Waals surface area contributed by atoms with Gasteiger partial charge in [0.05, 0.1) is 19.0 Å². The Balaban J connectivity index is 1.39. The quantitative estimate of drug-likeness (QED) is 0.832. The van der Waals surface area contributed by atoms with Crippen LogP contribution in [-0.2, 0) is 4.74 Å². The average Bonchev–Trinajstić information content (AvgIpc) is 3.14. The predicted octanol–water partition coefficient (Wildman–Crippen LogP) is 2.47. The van der Waals surface area contributed by atoms with Gasteiger partial charge in [0.15, 0.2) is 5.76 Å². The van der Waals surface area contributed by atoms with Gasteiger partial charge >= 0.3 is 0 Å². The highest BCUT2D eigenvalue weighted by atomic mass is 16.5. The molecule has 0 aliphatic carbocycles. The van der Waals surface area contributed by atoms with Crippen molar-refractivity contribution in [1.82, 2.24) is 10.2 Å². The van der Waals surface area contributed by atoms with E-state index in [1.165, 1.54) is 11.8 Å². The fraction of sp³-hybridized carbons (Fsp3) is 0.389. The van der Waals surface area contributed by atoms with Gasteiger partial charge in [-0.2, -0.15) is 0 Å². The zero-order chi connectivity index (χ0) is 15.9. The summed E-state index contributed by atoms with van der Waals surface area (Å²) in [4.78, 5) is 14.1. The Morgan fingerprint density at radius 3 is 2.87 bits per heavy atom. The highest BCUT2D eigenvalue weighted by Gasteiger charge is 2.21. The van der Waals surface area contributed by atoms with Crippen molar-refractivity contribution in [2.45, 2.75) is 12.5 Å². The summed E-state index contributed by atoms with van der Waals surface area (Å²) >= 11 is 0. The van der Waals surface area contributed by atoms with Crippen molar-refractivity contribution in [3.63, 3.8) is 0 Å². The van der Waals surface area contributed by atoms with Gasteiger partial charge < -0.3 is 14.5 Å². The van der Waals surface area contributed by atoms with Gasteiger partial charge in [0.2, 0.25) is 0 Å². The number of hydrogen-bond acceptors (Lipinski definition) is 4. The summed E-state index contributed by atoms with van der Waals surface area (Å²) in [5.74, 6) is 0.208. The molecule has 1 aliphatic rings. The second kappa shape index (κ2) is 7.94. The van der Waals surface area contributed by atoms with Gasteiger partial charge in [0.25, 0.3) is 5.91 Å². The summed E-state index contributed by atoms with van der Waals surface area (Å²) in [6.07, 6.45) is 2.56. The lowest BCUT2D eigenvalue weighted by molar-refractivity contribution is -0.0301. The fourth-order valence-corrected chi connectivity index (χ4v) is 2.77. The molecule has 0 spiro atoms. The Labute approximate surface area is 136 Å². The van der Waals surface area contributed by atoms with Gasteiger partial charge in [0.1, 0.15) is 0 Å². The van der Waals surface area contributed by atoms with Crippen LogP contribution in [0.1, 0.15) is 28.6 Å². The van der Waals surface area contributed by atoms with E-state index in [-0.39, 0.29) is 12.0 Å². The Morgan fingerprint density at radius 1 is 1.22 bits per heavy atom. The molecule has 0 bridgehead atoms. The van der Waals surface area contributed by atoms with Crippen molar-refractivity contribution in [2.75, 3.05) is 32.8 Å². The largest absolute Gasteiger partial charge is 0.459 e. The molecule has 1 aromatic carbocycles. The smallest absolute Gasteiger partial charge is 0.286 e. The first kappa shape index (κ1) is 15.8. The van der Waals surface area contributed by atoms with Crippen LogP contribution in [-0.4, -0.2) is 43.6 Å². The van der Waals surface area contributed by atoms with Gasteiger partial charge in [-0.1, -0.05) is 30.3 Å². The minimum atomic E-state index is -0.154. The molecule has 2 heterocycles. The third-order valence-electron chi connectivity index (χ3n) is 4.00. The molecule has 1 atom stereocenters. The first-order valence-corrected chi connectivity index (χ1v) is 8.03. The molecule has 0 radical (unpaired) electrons. The molecular weight excluding hydrogens is 292 g/mol. The van der Waals surface area contributed by atoms with Crippen molar-refractivity contribution < 1.29 is 13.9 Å². The van der Waals surface area contributed by atoms with E-state index in [2.05, 4.69) is 22.3 Å². The van der Waals surface area contributed by atoms with E-state index in [9.17, 15) is 4.79 Å². The van der Waals surface area contributed by atoms with Crippen LogP contribution in [0, 0.1) is 0 Å². The van der Waals surface area contributed by atoms with Crippen molar-refractivity contribution in [2.24, 2.45) is 0 Å². The zero-order valence-electron chi connectivity index (χ0n) is 13.1. The Hall–Kier alpha value is -2.11. The number of hydrogen-bond donors (Lipinski definition) is 1. The summed E-state index contributed by atoms with van der Waals surface area (Å²) in [6.45, 7) is 4.18. The Kier molecular flexibility index (Phi) is 5.45. The van der Waals surface area contributed by atoms with Gasteiger partial charge in [-0.25, -0.2) is 0 Å². The highest BCUT2D eigenvalue weighted by Crippen LogP contribution is 2.21. The van der Waals surface area contributed by atoms with E-state index in [1.54, 1.807) is 12.1 Å².